The molecule has 0 aromatic carbocycles. The normalized spacial score (nSPS) is 13.6. The fraction of sp³-hybridized carbons (Fsp3) is 0.611. The van der Waals surface area contributed by atoms with Crippen molar-refractivity contribution in [1.82, 2.24) is 24.7 Å². The predicted octanol–water partition coefficient (Wildman–Crippen LogP) is 1.45. The summed E-state index contributed by atoms with van der Waals surface area (Å²) in [6, 6.07) is 0. The van der Waals surface area contributed by atoms with Crippen LogP contribution in [0.2, 0.25) is 0 Å². The lowest BCUT2D eigenvalue weighted by Crippen LogP contribution is -2.42. The minimum absolute atomic E-state index is 0.0176. The van der Waals surface area contributed by atoms with Gasteiger partial charge in [0.15, 0.2) is 5.69 Å². The molecule has 1 saturated carbocycles. The number of thioether (sulfide) groups is 1. The molecule has 10 nitrogen and oxygen atoms in total. The Kier molecular flexibility index (Phi) is 6.78. The summed E-state index contributed by atoms with van der Waals surface area (Å²) in [7, 11) is 0. The van der Waals surface area contributed by atoms with E-state index >= 15 is 0 Å². The maximum absolute atomic E-state index is 13.0. The molecule has 29 heavy (non-hydrogen) atoms. The third-order valence-electron chi connectivity index (χ3n) is 4.74. The number of rotatable bonds is 10. The van der Waals surface area contributed by atoms with Gasteiger partial charge >= 0.3 is 5.69 Å². The summed E-state index contributed by atoms with van der Waals surface area (Å²) in [5.74, 6) is 1.11. The number of nitrogens with two attached hydrogens (primary N) is 1. The topological polar surface area (TPSA) is 143 Å². The van der Waals surface area contributed by atoms with E-state index in [-0.39, 0.29) is 23.2 Å². The first-order chi connectivity index (χ1) is 14.0. The van der Waals surface area contributed by atoms with Gasteiger partial charge in [0, 0.05) is 19.0 Å². The lowest BCUT2D eigenvalue weighted by molar-refractivity contribution is -0.116. The molecule has 0 atom stereocenters. The zero-order valence-corrected chi connectivity index (χ0v) is 17.5. The van der Waals surface area contributed by atoms with E-state index in [9.17, 15) is 14.4 Å². The minimum atomic E-state index is -0.650. The molecule has 2 heterocycles. The number of carbonyl (C=O) groups is 1. The molecular weight excluding hydrogens is 394 g/mol. The maximum atomic E-state index is 13.0. The monoisotopic (exact) mass is 421 g/mol. The number of anilines is 2. The second kappa shape index (κ2) is 9.29. The highest BCUT2D eigenvalue weighted by Crippen LogP contribution is 2.38. The minimum Gasteiger partial charge on any atom is -0.383 e. The SMILES string of the molecule is CCCCN(C(=O)CSc1n[nH]c(C2CC2)n1)c1c(N)n(CCC)c(=O)[nH]c1=O. The number of carbonyl (C=O) groups excluding carboxylic acids is 1. The van der Waals surface area contributed by atoms with Gasteiger partial charge in [-0.1, -0.05) is 32.0 Å². The lowest BCUT2D eigenvalue weighted by Gasteiger charge is -2.24. The average molecular weight is 422 g/mol. The second-order valence-corrected chi connectivity index (χ2v) is 8.05. The molecule has 1 amide bonds. The molecule has 0 unspecified atom stereocenters. The van der Waals surface area contributed by atoms with Crippen LogP contribution in [-0.2, 0) is 11.3 Å². The van der Waals surface area contributed by atoms with Gasteiger partial charge in [-0.25, -0.2) is 9.78 Å². The van der Waals surface area contributed by atoms with Crippen LogP contribution in [-0.4, -0.2) is 42.9 Å². The van der Waals surface area contributed by atoms with Gasteiger partial charge in [0.1, 0.15) is 11.6 Å². The number of nitrogens with one attached hydrogen (secondary N) is 2. The first kappa shape index (κ1) is 21.2. The predicted molar refractivity (Wildman–Crippen MR) is 112 cm³/mol. The van der Waals surface area contributed by atoms with E-state index in [2.05, 4.69) is 20.2 Å². The number of nitrogen functional groups attached to an aromatic ring is 1. The van der Waals surface area contributed by atoms with Gasteiger partial charge in [0.25, 0.3) is 5.56 Å². The van der Waals surface area contributed by atoms with Crippen LogP contribution in [0.4, 0.5) is 11.5 Å². The molecule has 0 bridgehead atoms. The van der Waals surface area contributed by atoms with Crippen LogP contribution in [0, 0.1) is 0 Å². The zero-order chi connectivity index (χ0) is 21.0. The van der Waals surface area contributed by atoms with Crippen molar-refractivity contribution in [3.8, 4) is 0 Å². The highest BCUT2D eigenvalue weighted by molar-refractivity contribution is 7.99. The molecule has 1 aliphatic carbocycles. The average Bonchev–Trinajstić information content (AvgIpc) is 3.43. The number of unbranched alkanes of at least 4 members (excludes halogenated alkanes) is 1. The molecule has 158 valence electrons. The zero-order valence-electron chi connectivity index (χ0n) is 16.7. The lowest BCUT2D eigenvalue weighted by atomic mass is 10.2. The van der Waals surface area contributed by atoms with E-state index in [1.807, 2.05) is 13.8 Å². The van der Waals surface area contributed by atoms with E-state index in [4.69, 9.17) is 5.73 Å². The van der Waals surface area contributed by atoms with Crippen LogP contribution in [0.1, 0.15) is 57.7 Å². The summed E-state index contributed by atoms with van der Waals surface area (Å²) in [5, 5.41) is 7.57. The number of amides is 1. The van der Waals surface area contributed by atoms with Crippen molar-refractivity contribution in [3.05, 3.63) is 26.7 Å². The van der Waals surface area contributed by atoms with E-state index in [1.54, 1.807) is 0 Å². The van der Waals surface area contributed by atoms with Gasteiger partial charge in [0.2, 0.25) is 11.1 Å². The Morgan fingerprint density at radius 3 is 2.72 bits per heavy atom. The molecule has 4 N–H and O–H groups in total. The molecule has 1 fully saturated rings. The highest BCUT2D eigenvalue weighted by Gasteiger charge is 2.28. The number of aromatic nitrogens is 5. The van der Waals surface area contributed by atoms with Gasteiger partial charge < -0.3 is 10.6 Å². The van der Waals surface area contributed by atoms with Gasteiger partial charge in [-0.05, 0) is 25.7 Å². The van der Waals surface area contributed by atoms with Crippen molar-refractivity contribution in [2.24, 2.45) is 0 Å². The molecule has 2 aromatic heterocycles. The van der Waals surface area contributed by atoms with Crippen LogP contribution in [0.5, 0.6) is 0 Å². The Hall–Kier alpha value is -2.56. The fourth-order valence-corrected chi connectivity index (χ4v) is 3.71. The number of aromatic amines is 2. The van der Waals surface area contributed by atoms with Crippen molar-refractivity contribution in [2.45, 2.75) is 63.6 Å². The van der Waals surface area contributed by atoms with Gasteiger partial charge in [0.05, 0.1) is 5.75 Å². The fourth-order valence-electron chi connectivity index (χ4n) is 3.03. The maximum Gasteiger partial charge on any atom is 0.330 e. The van der Waals surface area contributed by atoms with Crippen molar-refractivity contribution >= 4 is 29.2 Å². The van der Waals surface area contributed by atoms with Crippen LogP contribution in [0.25, 0.3) is 0 Å². The highest BCUT2D eigenvalue weighted by atomic mass is 32.2. The van der Waals surface area contributed by atoms with E-state index in [0.29, 0.717) is 37.0 Å². The summed E-state index contributed by atoms with van der Waals surface area (Å²) in [6.45, 7) is 4.60. The number of hydrogen-bond acceptors (Lipinski definition) is 7. The Bertz CT molecular complexity index is 977. The summed E-state index contributed by atoms with van der Waals surface area (Å²) >= 11 is 1.21. The van der Waals surface area contributed by atoms with E-state index in [0.717, 1.165) is 25.1 Å². The number of nitrogens with zero attached hydrogens (tertiary/aromatic N) is 4. The van der Waals surface area contributed by atoms with Crippen LogP contribution in [0.15, 0.2) is 14.7 Å². The standard InChI is InChI=1S/C18H27N7O3S/c1-3-5-9-24(13-14(19)25(8-4-2)18(28)21-16(13)27)12(26)10-29-17-20-15(22-23-17)11-6-7-11/h11H,3-10,19H2,1-2H3,(H,20,22,23)(H,21,27,28). The largest absolute Gasteiger partial charge is 0.383 e. The number of hydrogen-bond donors (Lipinski definition) is 3. The molecule has 0 aliphatic heterocycles. The van der Waals surface area contributed by atoms with Gasteiger partial charge in [-0.15, -0.1) is 5.10 Å². The molecule has 1 aliphatic rings. The molecule has 0 radical (unpaired) electrons. The first-order valence-corrected chi connectivity index (χ1v) is 10.9. The van der Waals surface area contributed by atoms with Crippen LogP contribution in [0.3, 0.4) is 0 Å². The quantitative estimate of drug-likeness (QED) is 0.493. The smallest absolute Gasteiger partial charge is 0.330 e. The first-order valence-electron chi connectivity index (χ1n) is 9.94. The third kappa shape index (κ3) is 4.89. The van der Waals surface area contributed by atoms with E-state index < -0.39 is 11.2 Å². The van der Waals surface area contributed by atoms with Crippen molar-refractivity contribution < 1.29 is 4.79 Å². The van der Waals surface area contributed by atoms with Gasteiger partial charge in [-0.2, -0.15) is 0 Å². The number of H-pyrrole nitrogens is 2. The summed E-state index contributed by atoms with van der Waals surface area (Å²) in [5.41, 5.74) is 4.96. The van der Waals surface area contributed by atoms with Crippen molar-refractivity contribution in [2.75, 3.05) is 22.9 Å². The summed E-state index contributed by atoms with van der Waals surface area (Å²) in [6.07, 6.45) is 4.43. The van der Waals surface area contributed by atoms with Crippen LogP contribution < -0.4 is 21.9 Å². The van der Waals surface area contributed by atoms with E-state index in [1.165, 1.54) is 21.2 Å². The Labute approximate surface area is 172 Å². The van der Waals surface area contributed by atoms with Crippen molar-refractivity contribution in [1.29, 1.82) is 0 Å². The van der Waals surface area contributed by atoms with Crippen molar-refractivity contribution in [3.63, 3.8) is 0 Å². The Balaban J connectivity index is 1.82. The summed E-state index contributed by atoms with van der Waals surface area (Å²) in [4.78, 5) is 45.6. The Morgan fingerprint density at radius 1 is 1.31 bits per heavy atom. The van der Waals surface area contributed by atoms with Gasteiger partial charge in [-0.3, -0.25) is 24.2 Å². The third-order valence-corrected chi connectivity index (χ3v) is 5.57. The molecule has 0 spiro atoms. The molecule has 0 saturated heterocycles. The molecular formula is C18H27N7O3S. The second-order valence-electron chi connectivity index (χ2n) is 7.11. The van der Waals surface area contributed by atoms with Crippen LogP contribution >= 0.6 is 11.8 Å². The molecule has 11 heteroatoms. The Morgan fingerprint density at radius 2 is 2.07 bits per heavy atom. The molecule has 2 aromatic rings. The summed E-state index contributed by atoms with van der Waals surface area (Å²) < 4.78 is 1.30. The molecule has 3 rings (SSSR count).